The Morgan fingerprint density at radius 3 is 2.79 bits per heavy atom. The molecule has 0 aliphatic heterocycles. The monoisotopic (exact) mass is 368 g/mol. The van der Waals surface area contributed by atoms with Crippen LogP contribution in [0.4, 0.5) is 0 Å². The number of pyridine rings is 2. The van der Waals surface area contributed by atoms with Gasteiger partial charge in [-0.05, 0) is 36.4 Å². The van der Waals surface area contributed by atoms with Gasteiger partial charge in [-0.1, -0.05) is 0 Å². The second-order valence-electron chi connectivity index (χ2n) is 6.77. The molecule has 136 valence electrons. The summed E-state index contributed by atoms with van der Waals surface area (Å²) in [7, 11) is 1.88. The van der Waals surface area contributed by atoms with Crippen molar-refractivity contribution in [1.29, 1.82) is 0 Å². The molecule has 0 saturated carbocycles. The summed E-state index contributed by atoms with van der Waals surface area (Å²) in [6, 6.07) is 11.3. The highest BCUT2D eigenvalue weighted by Gasteiger charge is 2.11. The third-order valence-electron chi connectivity index (χ3n) is 4.78. The molecule has 0 saturated heterocycles. The van der Waals surface area contributed by atoms with E-state index in [9.17, 15) is 4.79 Å². The van der Waals surface area contributed by atoms with E-state index in [0.717, 1.165) is 38.7 Å². The molecule has 5 rings (SSSR count). The van der Waals surface area contributed by atoms with Crippen molar-refractivity contribution in [3.05, 3.63) is 78.7 Å². The summed E-state index contributed by atoms with van der Waals surface area (Å²) in [4.78, 5) is 21.6. The zero-order valence-corrected chi connectivity index (χ0v) is 15.2. The third kappa shape index (κ3) is 2.95. The Kier molecular flexibility index (Phi) is 3.76. The number of ketones is 1. The van der Waals surface area contributed by atoms with Crippen molar-refractivity contribution in [3.63, 3.8) is 0 Å². The first-order chi connectivity index (χ1) is 13.7. The van der Waals surface area contributed by atoms with Crippen LogP contribution in [-0.4, -0.2) is 25.5 Å². The lowest BCUT2D eigenvalue weighted by molar-refractivity contribution is 0.0992. The largest absolute Gasteiger partial charge is 0.464 e. The van der Waals surface area contributed by atoms with Crippen LogP contribution < -0.4 is 0 Å². The predicted octanol–water partition coefficient (Wildman–Crippen LogP) is 4.20. The first kappa shape index (κ1) is 16.4. The SMILES string of the molecule is Cn1cc(-c2cnc3cnc(CC(=O)c4ccc5occc5c4)cc3c2)cn1. The van der Waals surface area contributed by atoms with E-state index in [4.69, 9.17) is 4.42 Å². The van der Waals surface area contributed by atoms with Crippen LogP contribution in [0, 0.1) is 0 Å². The molecule has 0 N–H and O–H groups in total. The molecule has 1 aromatic carbocycles. The summed E-state index contributed by atoms with van der Waals surface area (Å²) in [6.07, 6.45) is 9.13. The van der Waals surface area contributed by atoms with Gasteiger partial charge in [0.1, 0.15) is 5.58 Å². The molecule has 4 aromatic heterocycles. The molecule has 0 spiro atoms. The van der Waals surface area contributed by atoms with Gasteiger partial charge in [-0.25, -0.2) is 0 Å². The van der Waals surface area contributed by atoms with Crippen molar-refractivity contribution in [2.24, 2.45) is 7.05 Å². The van der Waals surface area contributed by atoms with Crippen LogP contribution in [0.25, 0.3) is 33.0 Å². The summed E-state index contributed by atoms with van der Waals surface area (Å²) in [6.45, 7) is 0. The summed E-state index contributed by atoms with van der Waals surface area (Å²) in [5, 5.41) is 6.07. The number of aromatic nitrogens is 4. The number of rotatable bonds is 4. The molecule has 4 heterocycles. The van der Waals surface area contributed by atoms with Crippen LogP contribution in [-0.2, 0) is 13.5 Å². The number of hydrogen-bond donors (Lipinski definition) is 0. The van der Waals surface area contributed by atoms with Gasteiger partial charge in [0.15, 0.2) is 5.78 Å². The molecule has 0 fully saturated rings. The average Bonchev–Trinajstić information content (AvgIpc) is 3.35. The summed E-state index contributed by atoms with van der Waals surface area (Å²) < 4.78 is 7.09. The van der Waals surface area contributed by atoms with Gasteiger partial charge >= 0.3 is 0 Å². The molecular weight excluding hydrogens is 352 g/mol. The first-order valence-electron chi connectivity index (χ1n) is 8.90. The van der Waals surface area contributed by atoms with Gasteiger partial charge in [0.05, 0.1) is 30.6 Å². The van der Waals surface area contributed by atoms with E-state index in [-0.39, 0.29) is 12.2 Å². The molecule has 0 aliphatic rings. The van der Waals surface area contributed by atoms with E-state index in [0.29, 0.717) is 5.56 Å². The fourth-order valence-corrected chi connectivity index (χ4v) is 3.31. The number of Topliss-reactive ketones (excluding diaryl/α,β-unsaturated/α-hetero) is 1. The molecule has 0 amide bonds. The van der Waals surface area contributed by atoms with Gasteiger partial charge < -0.3 is 4.42 Å². The number of nitrogens with zero attached hydrogens (tertiary/aromatic N) is 4. The Labute approximate surface area is 160 Å². The lowest BCUT2D eigenvalue weighted by Gasteiger charge is -2.05. The standard InChI is InChI=1S/C22H16N4O2/c1-26-13-18(11-25-26)17-7-16-8-19(23-12-20(16)24-10-17)9-21(27)14-2-3-22-15(6-14)4-5-28-22/h2-8,10-13H,9H2,1H3. The Balaban J connectivity index is 1.45. The van der Waals surface area contributed by atoms with Crippen LogP contribution in [0.1, 0.15) is 16.1 Å². The maximum absolute atomic E-state index is 12.7. The highest BCUT2D eigenvalue weighted by molar-refractivity contribution is 6.00. The van der Waals surface area contributed by atoms with Crippen molar-refractivity contribution >= 4 is 27.7 Å². The number of carbonyl (C=O) groups is 1. The second kappa shape index (κ2) is 6.42. The minimum absolute atomic E-state index is 0.0197. The third-order valence-corrected chi connectivity index (χ3v) is 4.78. The van der Waals surface area contributed by atoms with Crippen molar-refractivity contribution in [3.8, 4) is 11.1 Å². The topological polar surface area (TPSA) is 73.8 Å². The van der Waals surface area contributed by atoms with Crippen LogP contribution in [0.2, 0.25) is 0 Å². The van der Waals surface area contributed by atoms with E-state index in [1.165, 1.54) is 0 Å². The van der Waals surface area contributed by atoms with Crippen LogP contribution in [0.5, 0.6) is 0 Å². The Morgan fingerprint density at radius 1 is 1.00 bits per heavy atom. The maximum Gasteiger partial charge on any atom is 0.168 e. The van der Waals surface area contributed by atoms with Gasteiger partial charge in [-0.3, -0.25) is 19.4 Å². The molecule has 6 heteroatoms. The molecule has 0 atom stereocenters. The van der Waals surface area contributed by atoms with Gasteiger partial charge in [-0.15, -0.1) is 0 Å². The quantitative estimate of drug-likeness (QED) is 0.445. The minimum atomic E-state index is 0.0197. The Hall–Kier alpha value is -3.80. The lowest BCUT2D eigenvalue weighted by atomic mass is 10.0. The van der Waals surface area contributed by atoms with E-state index in [1.54, 1.807) is 29.4 Å². The zero-order valence-electron chi connectivity index (χ0n) is 15.2. The van der Waals surface area contributed by atoms with Gasteiger partial charge in [0, 0.05) is 52.6 Å². The fraction of sp³-hybridized carbons (Fsp3) is 0.0909. The number of fused-ring (bicyclic) bond motifs is 2. The number of aryl methyl sites for hydroxylation is 1. The first-order valence-corrected chi connectivity index (χ1v) is 8.90. The van der Waals surface area contributed by atoms with Crippen molar-refractivity contribution < 1.29 is 9.21 Å². The molecule has 0 bridgehead atoms. The number of furan rings is 1. The van der Waals surface area contributed by atoms with Crippen molar-refractivity contribution in [1.82, 2.24) is 19.7 Å². The average molecular weight is 368 g/mol. The predicted molar refractivity (Wildman–Crippen MR) is 106 cm³/mol. The molecule has 28 heavy (non-hydrogen) atoms. The fourth-order valence-electron chi connectivity index (χ4n) is 3.31. The Morgan fingerprint density at radius 2 is 1.93 bits per heavy atom. The number of carbonyl (C=O) groups excluding carboxylic acids is 1. The molecule has 0 unspecified atom stereocenters. The number of hydrogen-bond acceptors (Lipinski definition) is 5. The summed E-state index contributed by atoms with van der Waals surface area (Å²) in [5.41, 5.74) is 4.92. The van der Waals surface area contributed by atoms with Crippen molar-refractivity contribution in [2.45, 2.75) is 6.42 Å². The van der Waals surface area contributed by atoms with Crippen molar-refractivity contribution in [2.75, 3.05) is 0 Å². The highest BCUT2D eigenvalue weighted by Crippen LogP contribution is 2.23. The lowest BCUT2D eigenvalue weighted by Crippen LogP contribution is -2.05. The molecule has 6 nitrogen and oxygen atoms in total. The van der Waals surface area contributed by atoms with Gasteiger partial charge in [-0.2, -0.15) is 5.10 Å². The summed E-state index contributed by atoms with van der Waals surface area (Å²) >= 11 is 0. The van der Waals surface area contributed by atoms with Gasteiger partial charge in [0.2, 0.25) is 0 Å². The molecule has 0 aliphatic carbocycles. The molecular formula is C22H16N4O2. The van der Waals surface area contributed by atoms with E-state index < -0.39 is 0 Å². The highest BCUT2D eigenvalue weighted by atomic mass is 16.3. The molecule has 0 radical (unpaired) electrons. The normalized spacial score (nSPS) is 11.3. The zero-order chi connectivity index (χ0) is 19.1. The van der Waals surface area contributed by atoms with Crippen LogP contribution >= 0.6 is 0 Å². The van der Waals surface area contributed by atoms with Crippen LogP contribution in [0.3, 0.4) is 0 Å². The minimum Gasteiger partial charge on any atom is -0.464 e. The van der Waals surface area contributed by atoms with E-state index in [1.807, 2.05) is 49.8 Å². The van der Waals surface area contributed by atoms with E-state index in [2.05, 4.69) is 15.1 Å². The van der Waals surface area contributed by atoms with E-state index >= 15 is 0 Å². The maximum atomic E-state index is 12.7. The molecule has 5 aromatic rings. The van der Waals surface area contributed by atoms with Crippen LogP contribution in [0.15, 0.2) is 71.9 Å². The number of benzene rings is 1. The Bertz CT molecular complexity index is 1330. The van der Waals surface area contributed by atoms with Gasteiger partial charge in [0.25, 0.3) is 0 Å². The second-order valence-corrected chi connectivity index (χ2v) is 6.77. The smallest absolute Gasteiger partial charge is 0.168 e. The summed E-state index contributed by atoms with van der Waals surface area (Å²) in [5.74, 6) is 0.0197.